The number of hydrogen-bond donors (Lipinski definition) is 2. The van der Waals surface area contributed by atoms with E-state index >= 15 is 0 Å². The lowest BCUT2D eigenvalue weighted by Gasteiger charge is -2.16. The van der Waals surface area contributed by atoms with Gasteiger partial charge < -0.3 is 15.8 Å². The second kappa shape index (κ2) is 6.26. The van der Waals surface area contributed by atoms with Crippen LogP contribution in [-0.2, 0) is 0 Å². The van der Waals surface area contributed by atoms with Gasteiger partial charge in [-0.05, 0) is 36.8 Å². The summed E-state index contributed by atoms with van der Waals surface area (Å²) in [5.41, 5.74) is 7.66. The van der Waals surface area contributed by atoms with Crippen LogP contribution >= 0.6 is 0 Å². The van der Waals surface area contributed by atoms with Crippen molar-refractivity contribution in [1.82, 2.24) is 5.32 Å². The Morgan fingerprint density at radius 2 is 2.00 bits per heavy atom. The Morgan fingerprint density at radius 3 is 2.67 bits per heavy atom. The van der Waals surface area contributed by atoms with E-state index in [-0.39, 0.29) is 17.7 Å². The number of nitrogen functional groups attached to an aromatic ring is 1. The molecule has 0 radical (unpaired) electrons. The van der Waals surface area contributed by atoms with Crippen LogP contribution in [0.25, 0.3) is 0 Å². The number of para-hydroxylation sites is 1. The molecule has 0 saturated carbocycles. The molecule has 1 unspecified atom stereocenters. The van der Waals surface area contributed by atoms with E-state index in [0.717, 1.165) is 5.56 Å². The third-order valence-electron chi connectivity index (χ3n) is 3.22. The van der Waals surface area contributed by atoms with Crippen molar-refractivity contribution in [3.8, 4) is 5.75 Å². The van der Waals surface area contributed by atoms with E-state index in [2.05, 4.69) is 5.32 Å². The molecule has 0 fully saturated rings. The summed E-state index contributed by atoms with van der Waals surface area (Å²) in [6.45, 7) is 1.84. The summed E-state index contributed by atoms with van der Waals surface area (Å²) in [7, 11) is 1.35. The van der Waals surface area contributed by atoms with Crippen LogP contribution < -0.4 is 15.8 Å². The third kappa shape index (κ3) is 3.31. The van der Waals surface area contributed by atoms with Crippen molar-refractivity contribution in [2.24, 2.45) is 0 Å². The Balaban J connectivity index is 2.16. The molecule has 5 heteroatoms. The SMILES string of the molecule is COc1cc(C(=O)NC(C)c2ccccc2N)ccc1F. The van der Waals surface area contributed by atoms with Crippen LogP contribution in [0.3, 0.4) is 0 Å². The maximum absolute atomic E-state index is 13.3. The normalized spacial score (nSPS) is 11.8. The van der Waals surface area contributed by atoms with Crippen molar-refractivity contribution in [2.45, 2.75) is 13.0 Å². The zero-order valence-corrected chi connectivity index (χ0v) is 11.9. The lowest BCUT2D eigenvalue weighted by atomic mass is 10.1. The Bertz CT molecular complexity index is 658. The molecule has 1 amide bonds. The number of carbonyl (C=O) groups is 1. The van der Waals surface area contributed by atoms with Gasteiger partial charge in [0.15, 0.2) is 11.6 Å². The molecule has 0 aliphatic carbocycles. The van der Waals surface area contributed by atoms with E-state index in [1.165, 1.54) is 25.3 Å². The maximum atomic E-state index is 13.3. The molecule has 4 nitrogen and oxygen atoms in total. The van der Waals surface area contributed by atoms with Crippen molar-refractivity contribution in [1.29, 1.82) is 0 Å². The van der Waals surface area contributed by atoms with Crippen LogP contribution in [0.2, 0.25) is 0 Å². The molecule has 21 heavy (non-hydrogen) atoms. The smallest absolute Gasteiger partial charge is 0.251 e. The van der Waals surface area contributed by atoms with Gasteiger partial charge >= 0.3 is 0 Å². The van der Waals surface area contributed by atoms with Crippen molar-refractivity contribution >= 4 is 11.6 Å². The lowest BCUT2D eigenvalue weighted by molar-refractivity contribution is 0.0939. The highest BCUT2D eigenvalue weighted by molar-refractivity contribution is 5.94. The minimum atomic E-state index is -0.505. The number of nitrogens with two attached hydrogens (primary N) is 1. The van der Waals surface area contributed by atoms with E-state index in [0.29, 0.717) is 11.3 Å². The van der Waals surface area contributed by atoms with Gasteiger partial charge in [-0.15, -0.1) is 0 Å². The fraction of sp³-hybridized carbons (Fsp3) is 0.188. The number of anilines is 1. The minimum Gasteiger partial charge on any atom is -0.494 e. The summed E-state index contributed by atoms with van der Waals surface area (Å²) in [4.78, 5) is 12.2. The maximum Gasteiger partial charge on any atom is 0.251 e. The Labute approximate surface area is 122 Å². The standard InChI is InChI=1S/C16H17FN2O2/c1-10(12-5-3-4-6-14(12)18)19-16(20)11-7-8-13(17)15(9-11)21-2/h3-10H,18H2,1-2H3,(H,19,20). The van der Waals surface area contributed by atoms with Crippen LogP contribution in [0.15, 0.2) is 42.5 Å². The summed E-state index contributed by atoms with van der Waals surface area (Å²) >= 11 is 0. The zero-order valence-electron chi connectivity index (χ0n) is 11.9. The second-order valence-electron chi connectivity index (χ2n) is 4.67. The van der Waals surface area contributed by atoms with E-state index < -0.39 is 5.82 Å². The molecule has 0 aromatic heterocycles. The first kappa shape index (κ1) is 14.8. The highest BCUT2D eigenvalue weighted by Gasteiger charge is 2.15. The Morgan fingerprint density at radius 1 is 1.29 bits per heavy atom. The van der Waals surface area contributed by atoms with Gasteiger partial charge in [0.2, 0.25) is 0 Å². The summed E-state index contributed by atoms with van der Waals surface area (Å²) in [6, 6.07) is 11.0. The van der Waals surface area contributed by atoms with Crippen molar-refractivity contribution in [2.75, 3.05) is 12.8 Å². The first-order valence-electron chi connectivity index (χ1n) is 6.51. The molecule has 1 atom stereocenters. The van der Waals surface area contributed by atoms with Gasteiger partial charge in [-0.1, -0.05) is 18.2 Å². The fourth-order valence-electron chi connectivity index (χ4n) is 2.06. The number of nitrogens with one attached hydrogen (secondary N) is 1. The molecule has 0 bridgehead atoms. The van der Waals surface area contributed by atoms with Crippen LogP contribution in [-0.4, -0.2) is 13.0 Å². The van der Waals surface area contributed by atoms with Crippen molar-refractivity contribution in [3.05, 3.63) is 59.4 Å². The number of carbonyl (C=O) groups excluding carboxylic acids is 1. The molecule has 0 saturated heterocycles. The number of ether oxygens (including phenoxy) is 1. The topological polar surface area (TPSA) is 64.3 Å². The van der Waals surface area contributed by atoms with Gasteiger partial charge in [-0.25, -0.2) is 4.39 Å². The number of benzene rings is 2. The minimum absolute atomic E-state index is 0.0366. The molecule has 0 aliphatic rings. The van der Waals surface area contributed by atoms with Gasteiger partial charge in [0.05, 0.1) is 13.2 Å². The summed E-state index contributed by atoms with van der Waals surface area (Å²) in [5.74, 6) is -0.784. The monoisotopic (exact) mass is 288 g/mol. The zero-order chi connectivity index (χ0) is 15.4. The van der Waals surface area contributed by atoms with Gasteiger partial charge in [0, 0.05) is 11.3 Å². The van der Waals surface area contributed by atoms with E-state index in [1.54, 1.807) is 6.07 Å². The highest BCUT2D eigenvalue weighted by Crippen LogP contribution is 2.21. The van der Waals surface area contributed by atoms with E-state index in [1.807, 2.05) is 25.1 Å². The average Bonchev–Trinajstić information content (AvgIpc) is 2.48. The molecule has 2 aromatic carbocycles. The van der Waals surface area contributed by atoms with Crippen molar-refractivity contribution in [3.63, 3.8) is 0 Å². The van der Waals surface area contributed by atoms with Crippen LogP contribution in [0.5, 0.6) is 5.75 Å². The number of methoxy groups -OCH3 is 1. The highest BCUT2D eigenvalue weighted by atomic mass is 19.1. The van der Waals surface area contributed by atoms with Gasteiger partial charge in [-0.2, -0.15) is 0 Å². The van der Waals surface area contributed by atoms with Crippen LogP contribution in [0.1, 0.15) is 28.9 Å². The Hall–Kier alpha value is -2.56. The van der Waals surface area contributed by atoms with Crippen LogP contribution in [0.4, 0.5) is 10.1 Å². The molecular weight excluding hydrogens is 271 g/mol. The van der Waals surface area contributed by atoms with E-state index in [4.69, 9.17) is 10.5 Å². The van der Waals surface area contributed by atoms with Gasteiger partial charge in [0.25, 0.3) is 5.91 Å². The third-order valence-corrected chi connectivity index (χ3v) is 3.22. The molecule has 2 aromatic rings. The average molecular weight is 288 g/mol. The lowest BCUT2D eigenvalue weighted by Crippen LogP contribution is -2.27. The largest absolute Gasteiger partial charge is 0.494 e. The summed E-state index contributed by atoms with van der Waals surface area (Å²) in [6.07, 6.45) is 0. The molecule has 0 aliphatic heterocycles. The number of halogens is 1. The molecule has 110 valence electrons. The molecule has 3 N–H and O–H groups in total. The number of rotatable bonds is 4. The van der Waals surface area contributed by atoms with E-state index in [9.17, 15) is 9.18 Å². The fourth-order valence-corrected chi connectivity index (χ4v) is 2.06. The first-order chi connectivity index (χ1) is 10.0. The Kier molecular flexibility index (Phi) is 4.42. The molecule has 2 rings (SSSR count). The van der Waals surface area contributed by atoms with Crippen LogP contribution in [0, 0.1) is 5.82 Å². The quantitative estimate of drug-likeness (QED) is 0.850. The summed E-state index contributed by atoms with van der Waals surface area (Å²) < 4.78 is 18.2. The number of hydrogen-bond acceptors (Lipinski definition) is 3. The predicted molar refractivity (Wildman–Crippen MR) is 79.7 cm³/mol. The molecule has 0 spiro atoms. The predicted octanol–water partition coefficient (Wildman–Crippen LogP) is 2.91. The second-order valence-corrected chi connectivity index (χ2v) is 4.67. The molecule has 0 heterocycles. The molecular formula is C16H17FN2O2. The summed E-state index contributed by atoms with van der Waals surface area (Å²) in [5, 5.41) is 2.83. The number of amides is 1. The first-order valence-corrected chi connectivity index (χ1v) is 6.51. The van der Waals surface area contributed by atoms with Gasteiger partial charge in [-0.3, -0.25) is 4.79 Å². The van der Waals surface area contributed by atoms with Gasteiger partial charge in [0.1, 0.15) is 0 Å². The van der Waals surface area contributed by atoms with Crippen molar-refractivity contribution < 1.29 is 13.9 Å².